The zero-order valence-corrected chi connectivity index (χ0v) is 21.6. The quantitative estimate of drug-likeness (QED) is 0.252. The first kappa shape index (κ1) is 25.5. The van der Waals surface area contributed by atoms with Gasteiger partial charge in [-0.15, -0.1) is 0 Å². The molecule has 0 aliphatic carbocycles. The van der Waals surface area contributed by atoms with E-state index in [4.69, 9.17) is 10.6 Å². The fraction of sp³-hybridized carbons (Fsp3) is 0.250. The number of likely N-dealkylation sites (tertiary alicyclic amines) is 1. The van der Waals surface area contributed by atoms with Gasteiger partial charge in [-0.25, -0.2) is 15.4 Å². The second-order valence-electron chi connectivity index (χ2n) is 9.66. The third-order valence-corrected chi connectivity index (χ3v) is 10.9. The highest BCUT2D eigenvalue weighted by molar-refractivity contribution is 7.96. The number of hydrogen-bond acceptors (Lipinski definition) is 5. The summed E-state index contributed by atoms with van der Waals surface area (Å²) in [5.41, 5.74) is -1.33. The average Bonchev–Trinajstić information content (AvgIpc) is 3.26. The Morgan fingerprint density at radius 3 is 1.67 bits per heavy atom. The molecule has 0 saturated carbocycles. The number of amides is 4. The third-order valence-electron chi connectivity index (χ3n) is 6.16. The minimum Gasteiger partial charge on any atom is -0.442 e. The minimum atomic E-state index is -2.54. The number of benzene rings is 3. The summed E-state index contributed by atoms with van der Waals surface area (Å²) in [6.45, 7) is 5.20. The van der Waals surface area contributed by atoms with Crippen LogP contribution in [0.1, 0.15) is 27.2 Å². The Morgan fingerprint density at radius 1 is 0.861 bits per heavy atom. The zero-order chi connectivity index (χ0) is 25.9. The number of nitrogens with two attached hydrogens (primary N) is 1. The molecular formula is C28H31N3O4P+. The molecule has 7 nitrogen and oxygen atoms in total. The Morgan fingerprint density at radius 2 is 1.28 bits per heavy atom. The van der Waals surface area contributed by atoms with Crippen molar-refractivity contribution < 1.29 is 19.1 Å². The molecule has 0 spiro atoms. The van der Waals surface area contributed by atoms with E-state index in [9.17, 15) is 14.4 Å². The molecule has 186 valence electrons. The molecule has 2 N–H and O–H groups in total. The Labute approximate surface area is 212 Å². The van der Waals surface area contributed by atoms with Gasteiger partial charge in [0.2, 0.25) is 0 Å². The van der Waals surface area contributed by atoms with Gasteiger partial charge in [-0.3, -0.25) is 9.69 Å². The number of rotatable bonds is 4. The van der Waals surface area contributed by atoms with Crippen molar-refractivity contribution in [3.05, 3.63) is 91.0 Å². The van der Waals surface area contributed by atoms with Crippen molar-refractivity contribution >= 4 is 41.2 Å². The molecule has 4 amide bonds. The van der Waals surface area contributed by atoms with Crippen LogP contribution in [0.3, 0.4) is 0 Å². The number of carbonyl (C=O) groups is 3. The zero-order valence-electron chi connectivity index (χ0n) is 20.7. The van der Waals surface area contributed by atoms with Crippen LogP contribution >= 0.6 is 7.26 Å². The van der Waals surface area contributed by atoms with E-state index < -0.39 is 30.6 Å². The summed E-state index contributed by atoms with van der Waals surface area (Å²) in [6.07, 6.45) is -0.557. The standard InChI is InChI=1S/C28H31N3O4P/c1-28(2,3)35-27(34)31(29)26(33)30-20-19-24(25(30)32)36(21-13-7-4-8-14-21,22-15-9-5-10-16-22)23-17-11-6-12-18-23/h4-18,24H,19-20,29H2,1-3H3/q+1. The molecular weight excluding hydrogens is 473 g/mol. The van der Waals surface area contributed by atoms with Crippen LogP contribution in [-0.4, -0.2) is 45.7 Å². The molecule has 1 fully saturated rings. The Balaban J connectivity index is 1.80. The smallest absolute Gasteiger partial charge is 0.433 e. The molecule has 36 heavy (non-hydrogen) atoms. The molecule has 0 aromatic heterocycles. The molecule has 3 aromatic rings. The van der Waals surface area contributed by atoms with Crippen LogP contribution in [0.4, 0.5) is 9.59 Å². The van der Waals surface area contributed by atoms with Gasteiger partial charge in [0, 0.05) is 13.0 Å². The highest BCUT2D eigenvalue weighted by Gasteiger charge is 2.59. The fourth-order valence-corrected chi connectivity index (χ4v) is 9.58. The summed E-state index contributed by atoms with van der Waals surface area (Å²) in [5, 5.41) is 3.53. The second kappa shape index (κ2) is 10.2. The van der Waals surface area contributed by atoms with Crippen LogP contribution in [0.5, 0.6) is 0 Å². The predicted octanol–water partition coefficient (Wildman–Crippen LogP) is 3.81. The molecule has 1 saturated heterocycles. The number of nitrogens with zero attached hydrogens (tertiary/aromatic N) is 2. The molecule has 0 bridgehead atoms. The molecule has 1 aliphatic rings. The lowest BCUT2D eigenvalue weighted by Crippen LogP contribution is -2.53. The van der Waals surface area contributed by atoms with E-state index in [-0.39, 0.29) is 12.5 Å². The number of ether oxygens (including phenoxy) is 1. The first-order valence-electron chi connectivity index (χ1n) is 11.8. The average molecular weight is 505 g/mol. The number of hydrogen-bond donors (Lipinski definition) is 1. The molecule has 1 unspecified atom stereocenters. The number of imide groups is 2. The highest BCUT2D eigenvalue weighted by Crippen LogP contribution is 2.62. The van der Waals surface area contributed by atoms with E-state index in [1.807, 2.05) is 54.6 Å². The highest BCUT2D eigenvalue weighted by atomic mass is 31.2. The number of urea groups is 1. The summed E-state index contributed by atoms with van der Waals surface area (Å²) in [5.74, 6) is 5.48. The molecule has 4 rings (SSSR count). The van der Waals surface area contributed by atoms with Crippen molar-refractivity contribution in [2.45, 2.75) is 38.5 Å². The molecule has 1 aliphatic heterocycles. The van der Waals surface area contributed by atoms with E-state index in [1.54, 1.807) is 20.8 Å². The number of hydrazine groups is 1. The van der Waals surface area contributed by atoms with Gasteiger partial charge >= 0.3 is 12.1 Å². The summed E-state index contributed by atoms with van der Waals surface area (Å²) in [6, 6.07) is 29.2. The molecule has 8 heteroatoms. The summed E-state index contributed by atoms with van der Waals surface area (Å²) in [4.78, 5) is 40.7. The van der Waals surface area contributed by atoms with Crippen LogP contribution in [0.15, 0.2) is 91.0 Å². The van der Waals surface area contributed by atoms with Crippen LogP contribution in [0, 0.1) is 0 Å². The first-order valence-corrected chi connectivity index (χ1v) is 13.7. The SMILES string of the molecule is CC(C)(C)OC(=O)N(N)C(=O)N1CCC([P+](c2ccccc2)(c2ccccc2)c2ccccc2)C1=O. The van der Waals surface area contributed by atoms with Crippen molar-refractivity contribution in [3.8, 4) is 0 Å². The maximum absolute atomic E-state index is 14.0. The third kappa shape index (κ3) is 4.77. The van der Waals surface area contributed by atoms with Gasteiger partial charge < -0.3 is 4.74 Å². The van der Waals surface area contributed by atoms with Gasteiger partial charge in [0.05, 0.1) is 0 Å². The monoisotopic (exact) mass is 504 g/mol. The van der Waals surface area contributed by atoms with Crippen molar-refractivity contribution in [3.63, 3.8) is 0 Å². The van der Waals surface area contributed by atoms with Crippen LogP contribution in [0.25, 0.3) is 0 Å². The van der Waals surface area contributed by atoms with Gasteiger partial charge in [0.15, 0.2) is 5.66 Å². The van der Waals surface area contributed by atoms with Gasteiger partial charge in [-0.1, -0.05) is 54.6 Å². The van der Waals surface area contributed by atoms with E-state index in [1.165, 1.54) is 0 Å². The van der Waals surface area contributed by atoms with Gasteiger partial charge in [-0.2, -0.15) is 5.01 Å². The summed E-state index contributed by atoms with van der Waals surface area (Å²) >= 11 is 0. The van der Waals surface area contributed by atoms with E-state index in [0.717, 1.165) is 20.8 Å². The molecule has 1 heterocycles. The van der Waals surface area contributed by atoms with Crippen molar-refractivity contribution in [1.29, 1.82) is 0 Å². The second-order valence-corrected chi connectivity index (χ2v) is 13.3. The minimum absolute atomic E-state index is 0.160. The topological polar surface area (TPSA) is 92.9 Å². The Bertz CT molecular complexity index is 1130. The lowest BCUT2D eigenvalue weighted by Gasteiger charge is -2.32. The maximum Gasteiger partial charge on any atom is 0.433 e. The van der Waals surface area contributed by atoms with Gasteiger partial charge in [0.25, 0.3) is 5.91 Å². The van der Waals surface area contributed by atoms with Crippen molar-refractivity contribution in [2.75, 3.05) is 6.54 Å². The summed E-state index contributed by atoms with van der Waals surface area (Å²) < 4.78 is 5.23. The normalized spacial score (nSPS) is 16.1. The summed E-state index contributed by atoms with van der Waals surface area (Å²) in [7, 11) is -2.54. The predicted molar refractivity (Wildman–Crippen MR) is 143 cm³/mol. The Hall–Kier alpha value is -3.54. The molecule has 3 aromatic carbocycles. The van der Waals surface area contributed by atoms with Crippen molar-refractivity contribution in [1.82, 2.24) is 9.91 Å². The van der Waals surface area contributed by atoms with Crippen molar-refractivity contribution in [2.24, 2.45) is 5.84 Å². The maximum atomic E-state index is 14.0. The number of carbonyl (C=O) groups excluding carboxylic acids is 3. The van der Waals surface area contributed by atoms with E-state index >= 15 is 0 Å². The van der Waals surface area contributed by atoms with E-state index in [0.29, 0.717) is 11.4 Å². The van der Waals surface area contributed by atoms with E-state index in [2.05, 4.69) is 36.4 Å². The van der Waals surface area contributed by atoms with Gasteiger partial charge in [0.1, 0.15) is 28.8 Å². The van der Waals surface area contributed by atoms with Crippen LogP contribution in [0.2, 0.25) is 0 Å². The fourth-order valence-electron chi connectivity index (χ4n) is 4.71. The largest absolute Gasteiger partial charge is 0.442 e. The lowest BCUT2D eigenvalue weighted by molar-refractivity contribution is -0.125. The first-order chi connectivity index (χ1) is 17.2. The van der Waals surface area contributed by atoms with Crippen LogP contribution in [-0.2, 0) is 9.53 Å². The van der Waals surface area contributed by atoms with Gasteiger partial charge in [-0.05, 0) is 57.2 Å². The lowest BCUT2D eigenvalue weighted by atomic mass is 10.2. The molecule has 0 radical (unpaired) electrons. The Kier molecular flexibility index (Phi) is 7.25. The van der Waals surface area contributed by atoms with Crippen LogP contribution < -0.4 is 21.8 Å². The molecule has 1 atom stereocenters.